The summed E-state index contributed by atoms with van der Waals surface area (Å²) in [6.45, 7) is 17.0. The van der Waals surface area contributed by atoms with E-state index < -0.39 is 0 Å². The first-order valence-corrected chi connectivity index (χ1v) is 8.14. The maximum Gasteiger partial charge on any atom is 0.237 e. The number of amides is 1. The van der Waals surface area contributed by atoms with Gasteiger partial charge in [0, 0.05) is 43.8 Å². The van der Waals surface area contributed by atoms with E-state index in [0.717, 1.165) is 32.6 Å². The van der Waals surface area contributed by atoms with Crippen LogP contribution in [0.1, 0.15) is 48.0 Å². The van der Waals surface area contributed by atoms with E-state index in [1.54, 1.807) is 0 Å². The molecule has 1 saturated heterocycles. The molecule has 1 aliphatic heterocycles. The summed E-state index contributed by atoms with van der Waals surface area (Å²) in [6.07, 6.45) is 0.934. The summed E-state index contributed by atoms with van der Waals surface area (Å²) in [7, 11) is 0. The van der Waals surface area contributed by atoms with Crippen molar-refractivity contribution in [2.45, 2.75) is 65.1 Å². The second-order valence-corrected chi connectivity index (χ2v) is 7.44. The number of nitrogens with one attached hydrogen (secondary N) is 1. The zero-order chi connectivity index (χ0) is 16.3. The van der Waals surface area contributed by atoms with Crippen LogP contribution in [-0.2, 0) is 4.79 Å². The Morgan fingerprint density at radius 3 is 2.14 bits per heavy atom. The fraction of sp³-hybridized carbons (Fsp3) is 0.938. The highest BCUT2D eigenvalue weighted by molar-refractivity contribution is 5.82. The summed E-state index contributed by atoms with van der Waals surface area (Å²) < 4.78 is 0. The predicted molar refractivity (Wildman–Crippen MR) is 88.3 cm³/mol. The first kappa shape index (κ1) is 18.4. The van der Waals surface area contributed by atoms with Crippen LogP contribution in [0.5, 0.6) is 0 Å². The van der Waals surface area contributed by atoms with E-state index in [1.807, 2.05) is 6.92 Å². The molecule has 1 fully saturated rings. The first-order chi connectivity index (χ1) is 9.63. The van der Waals surface area contributed by atoms with Gasteiger partial charge in [-0.05, 0) is 41.0 Å². The van der Waals surface area contributed by atoms with Gasteiger partial charge in [-0.1, -0.05) is 6.92 Å². The Bertz CT molecular complexity index is 346. The van der Waals surface area contributed by atoms with Crippen molar-refractivity contribution in [1.29, 1.82) is 0 Å². The summed E-state index contributed by atoms with van der Waals surface area (Å²) in [6, 6.07) is -0.0704. The molecule has 5 nitrogen and oxygen atoms in total. The van der Waals surface area contributed by atoms with Gasteiger partial charge in [0.2, 0.25) is 5.91 Å². The molecule has 1 aliphatic rings. The molecule has 3 N–H and O–H groups in total. The van der Waals surface area contributed by atoms with Crippen LogP contribution >= 0.6 is 0 Å². The number of carbonyl (C=O) groups is 1. The van der Waals surface area contributed by atoms with Crippen LogP contribution < -0.4 is 11.1 Å². The highest BCUT2D eigenvalue weighted by atomic mass is 16.2. The molecule has 1 unspecified atom stereocenters. The minimum absolute atomic E-state index is 0.0434. The molecule has 0 spiro atoms. The third-order valence-electron chi connectivity index (χ3n) is 4.94. The van der Waals surface area contributed by atoms with Crippen LogP contribution in [-0.4, -0.2) is 65.6 Å². The van der Waals surface area contributed by atoms with Crippen molar-refractivity contribution < 1.29 is 4.79 Å². The van der Waals surface area contributed by atoms with Crippen LogP contribution in [0, 0.1) is 0 Å². The highest BCUT2D eigenvalue weighted by Crippen LogP contribution is 2.17. The lowest BCUT2D eigenvalue weighted by Crippen LogP contribution is -2.61. The molecule has 5 heteroatoms. The molecule has 0 saturated carbocycles. The van der Waals surface area contributed by atoms with Gasteiger partial charge >= 0.3 is 0 Å². The SMILES string of the molecule is CCC(C)(C)NC(=O)C(C)N1CCN(C(C)(C)CN)CC1. The third kappa shape index (κ3) is 4.94. The van der Waals surface area contributed by atoms with Gasteiger partial charge in [-0.2, -0.15) is 0 Å². The lowest BCUT2D eigenvalue weighted by molar-refractivity contribution is -0.128. The zero-order valence-corrected chi connectivity index (χ0v) is 14.7. The maximum absolute atomic E-state index is 12.4. The second kappa shape index (κ2) is 7.07. The summed E-state index contributed by atoms with van der Waals surface area (Å²) in [5.41, 5.74) is 5.76. The first-order valence-electron chi connectivity index (χ1n) is 8.14. The van der Waals surface area contributed by atoms with E-state index in [1.165, 1.54) is 0 Å². The van der Waals surface area contributed by atoms with Crippen molar-refractivity contribution in [3.63, 3.8) is 0 Å². The van der Waals surface area contributed by atoms with Crippen molar-refractivity contribution in [3.05, 3.63) is 0 Å². The van der Waals surface area contributed by atoms with Crippen molar-refractivity contribution in [2.24, 2.45) is 5.73 Å². The predicted octanol–water partition coefficient (Wildman–Crippen LogP) is 1.03. The minimum Gasteiger partial charge on any atom is -0.350 e. The van der Waals surface area contributed by atoms with Crippen LogP contribution in [0.4, 0.5) is 0 Å². The van der Waals surface area contributed by atoms with Crippen molar-refractivity contribution in [1.82, 2.24) is 15.1 Å². The van der Waals surface area contributed by atoms with E-state index in [4.69, 9.17) is 5.73 Å². The minimum atomic E-state index is -0.130. The number of rotatable bonds is 6. The molecule has 1 amide bonds. The van der Waals surface area contributed by atoms with Crippen LogP contribution in [0.3, 0.4) is 0 Å². The molecule has 0 aliphatic carbocycles. The van der Waals surface area contributed by atoms with Gasteiger partial charge in [0.1, 0.15) is 0 Å². The van der Waals surface area contributed by atoms with E-state index in [2.05, 4.69) is 49.7 Å². The Morgan fingerprint density at radius 1 is 1.19 bits per heavy atom. The standard InChI is InChI=1S/C16H34N4O/c1-7-15(3,4)18-14(21)13(2)19-8-10-20(11-9-19)16(5,6)12-17/h13H,7-12,17H2,1-6H3,(H,18,21). The fourth-order valence-corrected chi connectivity index (χ4v) is 2.54. The monoisotopic (exact) mass is 298 g/mol. The normalized spacial score (nSPS) is 20.3. The lowest BCUT2D eigenvalue weighted by atomic mass is 10.0. The van der Waals surface area contributed by atoms with E-state index >= 15 is 0 Å². The van der Waals surface area contributed by atoms with Gasteiger partial charge < -0.3 is 11.1 Å². The molecule has 0 aromatic heterocycles. The number of hydrogen-bond donors (Lipinski definition) is 2. The van der Waals surface area contributed by atoms with Gasteiger partial charge in [-0.15, -0.1) is 0 Å². The Labute approximate surface area is 130 Å². The Hall–Kier alpha value is -0.650. The number of nitrogens with two attached hydrogens (primary N) is 1. The van der Waals surface area contributed by atoms with Gasteiger partial charge in [0.25, 0.3) is 0 Å². The van der Waals surface area contributed by atoms with E-state index in [9.17, 15) is 4.79 Å². The lowest BCUT2D eigenvalue weighted by Gasteiger charge is -2.45. The van der Waals surface area contributed by atoms with E-state index in [-0.39, 0.29) is 23.0 Å². The number of hydrogen-bond acceptors (Lipinski definition) is 4. The summed E-state index contributed by atoms with van der Waals surface area (Å²) in [4.78, 5) is 17.1. The Morgan fingerprint density at radius 2 is 1.71 bits per heavy atom. The van der Waals surface area contributed by atoms with E-state index in [0.29, 0.717) is 6.54 Å². The summed E-state index contributed by atoms with van der Waals surface area (Å²) >= 11 is 0. The molecule has 0 aromatic carbocycles. The molecular formula is C16H34N4O. The van der Waals surface area contributed by atoms with Crippen molar-refractivity contribution in [2.75, 3.05) is 32.7 Å². The quantitative estimate of drug-likeness (QED) is 0.769. The average molecular weight is 298 g/mol. The smallest absolute Gasteiger partial charge is 0.237 e. The molecule has 1 rings (SSSR count). The number of nitrogens with zero attached hydrogens (tertiary/aromatic N) is 2. The third-order valence-corrected chi connectivity index (χ3v) is 4.94. The zero-order valence-electron chi connectivity index (χ0n) is 14.7. The Kier molecular flexibility index (Phi) is 6.20. The molecule has 0 aromatic rings. The molecule has 1 heterocycles. The summed E-state index contributed by atoms with van der Waals surface area (Å²) in [5.74, 6) is 0.133. The Balaban J connectivity index is 2.52. The second-order valence-electron chi connectivity index (χ2n) is 7.44. The molecular weight excluding hydrogens is 264 g/mol. The molecule has 0 radical (unpaired) electrons. The van der Waals surface area contributed by atoms with Gasteiger partial charge in [-0.25, -0.2) is 0 Å². The molecule has 0 bridgehead atoms. The molecule has 124 valence electrons. The fourth-order valence-electron chi connectivity index (χ4n) is 2.54. The summed E-state index contributed by atoms with van der Waals surface area (Å²) in [5, 5.41) is 3.14. The molecule has 1 atom stereocenters. The van der Waals surface area contributed by atoms with Gasteiger partial charge in [0.05, 0.1) is 6.04 Å². The molecule has 21 heavy (non-hydrogen) atoms. The van der Waals surface area contributed by atoms with Crippen LogP contribution in [0.25, 0.3) is 0 Å². The van der Waals surface area contributed by atoms with Gasteiger partial charge in [0.15, 0.2) is 0 Å². The van der Waals surface area contributed by atoms with Crippen LogP contribution in [0.15, 0.2) is 0 Å². The van der Waals surface area contributed by atoms with Crippen LogP contribution in [0.2, 0.25) is 0 Å². The number of piperazine rings is 1. The van der Waals surface area contributed by atoms with Crippen molar-refractivity contribution in [3.8, 4) is 0 Å². The highest BCUT2D eigenvalue weighted by Gasteiger charge is 2.32. The average Bonchev–Trinajstić information content (AvgIpc) is 2.46. The maximum atomic E-state index is 12.4. The largest absolute Gasteiger partial charge is 0.350 e. The topological polar surface area (TPSA) is 61.6 Å². The number of carbonyl (C=O) groups excluding carboxylic acids is 1. The van der Waals surface area contributed by atoms with Gasteiger partial charge in [-0.3, -0.25) is 14.6 Å². The van der Waals surface area contributed by atoms with Crippen molar-refractivity contribution >= 4 is 5.91 Å².